The highest BCUT2D eigenvalue weighted by Gasteiger charge is 2.31. The van der Waals surface area contributed by atoms with Gasteiger partial charge in [-0.05, 0) is 58.2 Å². The van der Waals surface area contributed by atoms with Crippen molar-refractivity contribution < 1.29 is 5.11 Å². The number of hydrogen-bond donors (Lipinski definition) is 1. The Morgan fingerprint density at radius 2 is 1.68 bits per heavy atom. The summed E-state index contributed by atoms with van der Waals surface area (Å²) in [5.41, 5.74) is 1.16. The molecule has 1 aromatic rings. The molecule has 0 spiro atoms. The molecule has 2 heteroatoms. The normalized spacial score (nSPS) is 28.7. The smallest absolute Gasteiger partial charge is 0.133 e. The molecule has 0 amide bonds. The van der Waals surface area contributed by atoms with Gasteiger partial charge in [-0.3, -0.25) is 0 Å². The van der Waals surface area contributed by atoms with Gasteiger partial charge >= 0.3 is 0 Å². The van der Waals surface area contributed by atoms with Crippen LogP contribution in [0.2, 0.25) is 0 Å². The van der Waals surface area contributed by atoms with E-state index >= 15 is 0 Å². The first-order valence-corrected chi connectivity index (χ1v) is 8.52. The summed E-state index contributed by atoms with van der Waals surface area (Å²) in [4.78, 5) is 0. The monoisotopic (exact) mass is 322 g/mol. The van der Waals surface area contributed by atoms with Crippen molar-refractivity contribution in [3.05, 3.63) is 28.2 Å². The number of benzene rings is 1. The molecular formula is C17H23BrO. The largest absolute Gasteiger partial charge is 0.506 e. The molecule has 2 atom stereocenters. The van der Waals surface area contributed by atoms with E-state index in [0.29, 0.717) is 11.7 Å². The van der Waals surface area contributed by atoms with Gasteiger partial charge in [0.1, 0.15) is 5.75 Å². The fourth-order valence-electron chi connectivity index (χ4n) is 4.23. The molecule has 3 rings (SSSR count). The lowest BCUT2D eigenvalue weighted by molar-refractivity contribution is 0.229. The second-order valence-electron chi connectivity index (χ2n) is 6.35. The van der Waals surface area contributed by atoms with Crippen molar-refractivity contribution in [2.24, 2.45) is 11.8 Å². The molecule has 2 aliphatic rings. The number of phenols is 1. The zero-order valence-electron chi connectivity index (χ0n) is 11.4. The van der Waals surface area contributed by atoms with Gasteiger partial charge in [-0.1, -0.05) is 50.7 Å². The zero-order chi connectivity index (χ0) is 13.2. The van der Waals surface area contributed by atoms with Crippen LogP contribution in [0.25, 0.3) is 0 Å². The van der Waals surface area contributed by atoms with Gasteiger partial charge in [0.25, 0.3) is 0 Å². The van der Waals surface area contributed by atoms with Crippen molar-refractivity contribution in [1.29, 1.82) is 0 Å². The minimum absolute atomic E-state index is 0.472. The Hall–Kier alpha value is -0.500. The van der Waals surface area contributed by atoms with Crippen molar-refractivity contribution in [2.45, 2.75) is 57.3 Å². The van der Waals surface area contributed by atoms with Gasteiger partial charge in [0.15, 0.2) is 0 Å². The third kappa shape index (κ3) is 2.84. The fraction of sp³-hybridized carbons (Fsp3) is 0.647. The van der Waals surface area contributed by atoms with E-state index in [1.54, 1.807) is 0 Å². The number of hydrogen-bond acceptors (Lipinski definition) is 1. The maximum atomic E-state index is 10.3. The molecule has 19 heavy (non-hydrogen) atoms. The molecule has 1 aromatic carbocycles. The van der Waals surface area contributed by atoms with E-state index in [1.165, 1.54) is 51.4 Å². The standard InChI is InChI=1S/C17H23BrO/c18-16-10-4-9-15(17(16)19)14-8-3-7-13(11-14)12-5-1-2-6-12/h4,9-10,12-14,19H,1-3,5-8,11H2. The van der Waals surface area contributed by atoms with E-state index in [0.717, 1.165) is 21.9 Å². The third-order valence-corrected chi connectivity index (χ3v) is 5.88. The first kappa shape index (κ1) is 13.5. The van der Waals surface area contributed by atoms with E-state index in [1.807, 2.05) is 6.07 Å². The Bertz CT molecular complexity index is 437. The lowest BCUT2D eigenvalue weighted by atomic mass is 9.72. The van der Waals surface area contributed by atoms with Gasteiger partial charge in [-0.15, -0.1) is 0 Å². The number of aromatic hydroxyl groups is 1. The van der Waals surface area contributed by atoms with Crippen LogP contribution < -0.4 is 0 Å². The minimum atomic E-state index is 0.472. The van der Waals surface area contributed by atoms with Gasteiger partial charge in [0.05, 0.1) is 4.47 Å². The highest BCUT2D eigenvalue weighted by Crippen LogP contribution is 2.46. The van der Waals surface area contributed by atoms with Gasteiger partial charge in [-0.25, -0.2) is 0 Å². The molecule has 2 aliphatic carbocycles. The Balaban J connectivity index is 1.75. The van der Waals surface area contributed by atoms with Gasteiger partial charge in [0.2, 0.25) is 0 Å². The molecular weight excluding hydrogens is 300 g/mol. The Morgan fingerprint density at radius 1 is 0.947 bits per heavy atom. The van der Waals surface area contributed by atoms with Gasteiger partial charge in [0, 0.05) is 0 Å². The summed E-state index contributed by atoms with van der Waals surface area (Å²) in [5.74, 6) is 2.91. The summed E-state index contributed by atoms with van der Waals surface area (Å²) in [7, 11) is 0. The predicted molar refractivity (Wildman–Crippen MR) is 82.5 cm³/mol. The van der Waals surface area contributed by atoms with Crippen LogP contribution in [0.5, 0.6) is 5.75 Å². The predicted octanol–water partition coefficient (Wildman–Crippen LogP) is 5.62. The third-order valence-electron chi connectivity index (χ3n) is 5.24. The quantitative estimate of drug-likeness (QED) is 0.749. The van der Waals surface area contributed by atoms with Crippen LogP contribution in [-0.2, 0) is 0 Å². The van der Waals surface area contributed by atoms with Gasteiger partial charge < -0.3 is 5.11 Å². The molecule has 1 nitrogen and oxygen atoms in total. The van der Waals surface area contributed by atoms with Crippen molar-refractivity contribution in [3.63, 3.8) is 0 Å². The highest BCUT2D eigenvalue weighted by atomic mass is 79.9. The van der Waals surface area contributed by atoms with Crippen LogP contribution >= 0.6 is 15.9 Å². The summed E-state index contributed by atoms with van der Waals surface area (Å²) in [6.07, 6.45) is 11.0. The van der Waals surface area contributed by atoms with Crippen molar-refractivity contribution in [2.75, 3.05) is 0 Å². The SMILES string of the molecule is Oc1c(Br)cccc1C1CCCC(C2CCCC2)C1. The molecule has 0 heterocycles. The van der Waals surface area contributed by atoms with Crippen LogP contribution in [0.15, 0.2) is 22.7 Å². The lowest BCUT2D eigenvalue weighted by Crippen LogP contribution is -2.20. The second-order valence-corrected chi connectivity index (χ2v) is 7.20. The molecule has 0 bridgehead atoms. The molecule has 2 saturated carbocycles. The van der Waals surface area contributed by atoms with Crippen molar-refractivity contribution in [3.8, 4) is 5.75 Å². The van der Waals surface area contributed by atoms with E-state index in [9.17, 15) is 5.11 Å². The van der Waals surface area contributed by atoms with E-state index in [4.69, 9.17) is 0 Å². The highest BCUT2D eigenvalue weighted by molar-refractivity contribution is 9.10. The molecule has 104 valence electrons. The summed E-state index contributed by atoms with van der Waals surface area (Å²) >= 11 is 3.44. The minimum Gasteiger partial charge on any atom is -0.506 e. The molecule has 1 N–H and O–H groups in total. The van der Waals surface area contributed by atoms with Crippen LogP contribution in [0.3, 0.4) is 0 Å². The molecule has 0 saturated heterocycles. The molecule has 0 aromatic heterocycles. The Kier molecular flexibility index (Phi) is 4.16. The number of halogens is 1. The number of phenolic OH excluding ortho intramolecular Hbond substituents is 1. The Morgan fingerprint density at radius 3 is 2.47 bits per heavy atom. The molecule has 0 aliphatic heterocycles. The number of rotatable bonds is 2. The maximum absolute atomic E-state index is 10.3. The average Bonchev–Trinajstić information content (AvgIpc) is 2.96. The topological polar surface area (TPSA) is 20.2 Å². The van der Waals surface area contributed by atoms with E-state index in [-0.39, 0.29) is 0 Å². The molecule has 2 fully saturated rings. The lowest BCUT2D eigenvalue weighted by Gasteiger charge is -2.33. The van der Waals surface area contributed by atoms with Gasteiger partial charge in [-0.2, -0.15) is 0 Å². The van der Waals surface area contributed by atoms with E-state index in [2.05, 4.69) is 28.1 Å². The van der Waals surface area contributed by atoms with Crippen molar-refractivity contribution >= 4 is 15.9 Å². The number of para-hydroxylation sites is 1. The summed E-state index contributed by atoms with van der Waals surface area (Å²) in [6, 6.07) is 6.09. The van der Waals surface area contributed by atoms with E-state index < -0.39 is 0 Å². The first-order chi connectivity index (χ1) is 9.25. The Labute approximate surface area is 124 Å². The second kappa shape index (κ2) is 5.87. The van der Waals surface area contributed by atoms with Crippen LogP contribution in [0.1, 0.15) is 62.8 Å². The van der Waals surface area contributed by atoms with Crippen LogP contribution in [-0.4, -0.2) is 5.11 Å². The zero-order valence-corrected chi connectivity index (χ0v) is 13.0. The maximum Gasteiger partial charge on any atom is 0.133 e. The average molecular weight is 323 g/mol. The van der Waals surface area contributed by atoms with Crippen molar-refractivity contribution in [1.82, 2.24) is 0 Å². The summed E-state index contributed by atoms with van der Waals surface area (Å²) < 4.78 is 0.841. The summed E-state index contributed by atoms with van der Waals surface area (Å²) in [5, 5.41) is 10.3. The first-order valence-electron chi connectivity index (χ1n) is 7.73. The summed E-state index contributed by atoms with van der Waals surface area (Å²) in [6.45, 7) is 0. The van der Waals surface area contributed by atoms with Crippen LogP contribution in [0, 0.1) is 11.8 Å². The fourth-order valence-corrected chi connectivity index (χ4v) is 4.61. The molecule has 2 unspecified atom stereocenters. The van der Waals surface area contributed by atoms with Crippen LogP contribution in [0.4, 0.5) is 0 Å². The molecule has 0 radical (unpaired) electrons.